The summed E-state index contributed by atoms with van der Waals surface area (Å²) in [4.78, 5) is 24.8. The van der Waals surface area contributed by atoms with Gasteiger partial charge in [-0.3, -0.25) is 9.69 Å². The topological polar surface area (TPSA) is 53.2 Å². The van der Waals surface area contributed by atoms with Crippen LogP contribution in [-0.4, -0.2) is 55.1 Å². The van der Waals surface area contributed by atoms with Crippen LogP contribution in [0.25, 0.3) is 0 Å². The fraction of sp³-hybridized carbons (Fsp3) is 0.750. The molecule has 5 heteroatoms. The van der Waals surface area contributed by atoms with Crippen molar-refractivity contribution in [1.29, 1.82) is 0 Å². The van der Waals surface area contributed by atoms with Crippen LogP contribution >= 0.6 is 0 Å². The predicted molar refractivity (Wildman–Crippen MR) is 46.2 cm³/mol. The quantitative estimate of drug-likeness (QED) is 0.566. The number of likely N-dealkylation sites (N-methyl/N-ethyl adjacent to an activating group) is 1. The average Bonchev–Trinajstić information content (AvgIpc) is 2.85. The van der Waals surface area contributed by atoms with E-state index < -0.39 is 0 Å². The summed E-state index contributed by atoms with van der Waals surface area (Å²) in [5, 5.41) is 0. The summed E-state index contributed by atoms with van der Waals surface area (Å²) in [6, 6.07) is -0.289. The molecule has 1 heterocycles. The molecule has 0 radical (unpaired) electrons. The molecular formula is C8H14N2O3. The first-order chi connectivity index (χ1) is 6.02. The van der Waals surface area contributed by atoms with Crippen LogP contribution < -0.4 is 0 Å². The molecular weight excluding hydrogens is 172 g/mol. The second kappa shape index (κ2) is 3.74. The Morgan fingerprint density at radius 2 is 2.00 bits per heavy atom. The smallest absolute Gasteiger partial charge is 0.326 e. The van der Waals surface area contributed by atoms with E-state index in [0.29, 0.717) is 13.2 Å². The number of hydrogen-bond donors (Lipinski definition) is 0. The van der Waals surface area contributed by atoms with Crippen LogP contribution in [0.3, 0.4) is 0 Å². The molecule has 0 aromatic carbocycles. The van der Waals surface area contributed by atoms with Crippen molar-refractivity contribution in [1.82, 2.24) is 9.80 Å². The zero-order valence-electron chi connectivity index (χ0n) is 8.11. The summed E-state index contributed by atoms with van der Waals surface area (Å²) in [5.74, 6) is -0.256. The van der Waals surface area contributed by atoms with E-state index in [1.54, 1.807) is 7.05 Å². The molecule has 1 unspecified atom stereocenters. The number of hydrogen-bond acceptors (Lipinski definition) is 3. The number of epoxide rings is 1. The fourth-order valence-electron chi connectivity index (χ4n) is 0.948. The number of amides is 3. The molecule has 0 N–H and O–H groups in total. The highest BCUT2D eigenvalue weighted by Crippen LogP contribution is 2.10. The summed E-state index contributed by atoms with van der Waals surface area (Å²) in [6.07, 6.45) is 0.161. The van der Waals surface area contributed by atoms with E-state index in [9.17, 15) is 9.59 Å². The Morgan fingerprint density at radius 1 is 1.46 bits per heavy atom. The molecule has 1 fully saturated rings. The van der Waals surface area contributed by atoms with Gasteiger partial charge >= 0.3 is 6.03 Å². The predicted octanol–water partition coefficient (Wildman–Crippen LogP) is -0.0847. The Hall–Kier alpha value is -1.10. The van der Waals surface area contributed by atoms with Crippen molar-refractivity contribution >= 4 is 11.9 Å². The third kappa shape index (κ3) is 2.69. The summed E-state index contributed by atoms with van der Waals surface area (Å²) in [6.45, 7) is 2.62. The second-order valence-corrected chi connectivity index (χ2v) is 3.20. The van der Waals surface area contributed by atoms with E-state index in [4.69, 9.17) is 4.74 Å². The Balaban J connectivity index is 2.39. The molecule has 1 aliphatic rings. The summed E-state index contributed by atoms with van der Waals surface area (Å²) in [7, 11) is 3.12. The second-order valence-electron chi connectivity index (χ2n) is 3.20. The number of rotatable bonds is 2. The van der Waals surface area contributed by atoms with Gasteiger partial charge < -0.3 is 9.64 Å². The van der Waals surface area contributed by atoms with E-state index in [2.05, 4.69) is 0 Å². The highest BCUT2D eigenvalue weighted by molar-refractivity contribution is 5.92. The highest BCUT2D eigenvalue weighted by atomic mass is 16.6. The maximum absolute atomic E-state index is 11.4. The molecule has 13 heavy (non-hydrogen) atoms. The minimum absolute atomic E-state index is 0.161. The van der Waals surface area contributed by atoms with Crippen LogP contribution in [0.2, 0.25) is 0 Å². The largest absolute Gasteiger partial charge is 0.371 e. The Labute approximate surface area is 77.2 Å². The molecule has 0 saturated carbocycles. The minimum atomic E-state index is -0.289. The van der Waals surface area contributed by atoms with Crippen molar-refractivity contribution in [2.45, 2.75) is 13.0 Å². The lowest BCUT2D eigenvalue weighted by atomic mass is 10.4. The molecule has 0 aromatic heterocycles. The first-order valence-electron chi connectivity index (χ1n) is 4.13. The van der Waals surface area contributed by atoms with Gasteiger partial charge in [0.05, 0.1) is 19.3 Å². The number of ether oxygens (including phenoxy) is 1. The number of carbonyl (C=O) groups is 2. The van der Waals surface area contributed by atoms with Crippen LogP contribution in [0, 0.1) is 0 Å². The molecule has 74 valence electrons. The van der Waals surface area contributed by atoms with E-state index >= 15 is 0 Å². The minimum Gasteiger partial charge on any atom is -0.371 e. The van der Waals surface area contributed by atoms with Crippen molar-refractivity contribution in [3.63, 3.8) is 0 Å². The molecule has 1 aliphatic heterocycles. The summed E-state index contributed by atoms with van der Waals surface area (Å²) in [5.41, 5.74) is 0. The molecule has 0 bridgehead atoms. The lowest BCUT2D eigenvalue weighted by Gasteiger charge is -2.21. The number of urea groups is 1. The van der Waals surface area contributed by atoms with Gasteiger partial charge in [0.1, 0.15) is 0 Å². The van der Waals surface area contributed by atoms with E-state index in [1.807, 2.05) is 0 Å². The molecule has 1 rings (SSSR count). The Kier molecular flexibility index (Phi) is 2.87. The van der Waals surface area contributed by atoms with Crippen LogP contribution in [0.4, 0.5) is 4.79 Å². The van der Waals surface area contributed by atoms with Gasteiger partial charge in [-0.2, -0.15) is 0 Å². The van der Waals surface area contributed by atoms with Crippen molar-refractivity contribution < 1.29 is 14.3 Å². The number of carbonyl (C=O) groups excluding carboxylic acids is 2. The van der Waals surface area contributed by atoms with Crippen LogP contribution in [0.5, 0.6) is 0 Å². The van der Waals surface area contributed by atoms with Crippen LogP contribution in [-0.2, 0) is 9.53 Å². The third-order valence-corrected chi connectivity index (χ3v) is 1.97. The van der Waals surface area contributed by atoms with Crippen molar-refractivity contribution in [2.75, 3.05) is 27.2 Å². The highest BCUT2D eigenvalue weighted by Gasteiger charge is 2.27. The van der Waals surface area contributed by atoms with Crippen LogP contribution in [0.15, 0.2) is 0 Å². The van der Waals surface area contributed by atoms with E-state index in [1.165, 1.54) is 18.9 Å². The van der Waals surface area contributed by atoms with Crippen molar-refractivity contribution in [3.8, 4) is 0 Å². The monoisotopic (exact) mass is 186 g/mol. The van der Waals surface area contributed by atoms with Gasteiger partial charge in [0.15, 0.2) is 0 Å². The lowest BCUT2D eigenvalue weighted by molar-refractivity contribution is -0.125. The number of nitrogens with zero attached hydrogens (tertiary/aromatic N) is 2. The van der Waals surface area contributed by atoms with Crippen molar-refractivity contribution in [2.24, 2.45) is 0 Å². The summed E-state index contributed by atoms with van der Waals surface area (Å²) >= 11 is 0. The third-order valence-electron chi connectivity index (χ3n) is 1.97. The Morgan fingerprint density at radius 3 is 2.38 bits per heavy atom. The zero-order valence-corrected chi connectivity index (χ0v) is 8.11. The maximum atomic E-state index is 11.4. The van der Waals surface area contributed by atoms with E-state index in [0.717, 1.165) is 4.90 Å². The summed E-state index contributed by atoms with van der Waals surface area (Å²) < 4.78 is 4.97. The SMILES string of the molecule is CC(=O)N(C)C(=O)N(C)CC1CO1. The van der Waals surface area contributed by atoms with Gasteiger partial charge in [-0.25, -0.2) is 4.79 Å². The normalized spacial score (nSPS) is 19.5. The van der Waals surface area contributed by atoms with Gasteiger partial charge in [0, 0.05) is 21.0 Å². The molecule has 3 amide bonds. The van der Waals surface area contributed by atoms with E-state index in [-0.39, 0.29) is 18.0 Å². The fourth-order valence-corrected chi connectivity index (χ4v) is 0.948. The molecule has 0 aliphatic carbocycles. The van der Waals surface area contributed by atoms with Gasteiger partial charge in [-0.15, -0.1) is 0 Å². The van der Waals surface area contributed by atoms with Gasteiger partial charge in [-0.1, -0.05) is 0 Å². The molecule has 1 saturated heterocycles. The van der Waals surface area contributed by atoms with Crippen LogP contribution in [0.1, 0.15) is 6.92 Å². The first kappa shape index (κ1) is 9.98. The van der Waals surface area contributed by atoms with Gasteiger partial charge in [-0.05, 0) is 0 Å². The zero-order chi connectivity index (χ0) is 10.0. The molecule has 1 atom stereocenters. The number of imide groups is 1. The van der Waals surface area contributed by atoms with Crippen molar-refractivity contribution in [3.05, 3.63) is 0 Å². The lowest BCUT2D eigenvalue weighted by Crippen LogP contribution is -2.42. The maximum Gasteiger partial charge on any atom is 0.326 e. The molecule has 0 aromatic rings. The first-order valence-corrected chi connectivity index (χ1v) is 4.13. The standard InChI is InChI=1S/C8H14N2O3/c1-6(11)10(3)8(12)9(2)4-7-5-13-7/h7H,4-5H2,1-3H3. The molecule has 0 spiro atoms. The van der Waals surface area contributed by atoms with Gasteiger partial charge in [0.2, 0.25) is 5.91 Å². The van der Waals surface area contributed by atoms with Gasteiger partial charge in [0.25, 0.3) is 0 Å². The molecule has 5 nitrogen and oxygen atoms in total. The Bertz CT molecular complexity index is 225. The average molecular weight is 186 g/mol.